The second-order valence-corrected chi connectivity index (χ2v) is 14.8. The third-order valence-corrected chi connectivity index (χ3v) is 11.5. The van der Waals surface area contributed by atoms with Crippen LogP contribution in [-0.4, -0.2) is 99.4 Å². The minimum absolute atomic E-state index is 0.101. The van der Waals surface area contributed by atoms with E-state index in [0.717, 1.165) is 97.7 Å². The van der Waals surface area contributed by atoms with Crippen LogP contribution in [0.25, 0.3) is 11.0 Å². The average molecular weight is 677 g/mol. The molecule has 2 N–H and O–H groups in total. The summed E-state index contributed by atoms with van der Waals surface area (Å²) in [5.74, 6) is -0.617. The number of piperidine rings is 2. The molecule has 4 amide bonds. The Morgan fingerprint density at radius 2 is 1.78 bits per heavy atom. The van der Waals surface area contributed by atoms with Gasteiger partial charge in [-0.15, -0.1) is 0 Å². The van der Waals surface area contributed by atoms with Crippen LogP contribution in [0.15, 0.2) is 47.7 Å². The number of carbonyl (C=O) groups is 4. The van der Waals surface area contributed by atoms with E-state index in [4.69, 9.17) is 15.1 Å². The van der Waals surface area contributed by atoms with Crippen LogP contribution in [0.2, 0.25) is 0 Å². The highest BCUT2D eigenvalue weighted by molar-refractivity contribution is 6.23. The van der Waals surface area contributed by atoms with Crippen molar-refractivity contribution < 1.29 is 19.2 Å². The first kappa shape index (κ1) is 32.5. The standard InChI is InChI=1S/C38H44N8O4/c1-22-30(32-20-40-35-27(6-3-7-31(35)41-32)24-12-15-44(2)16-13-24)21-45(43-22)26-17-23(18-26)5-4-14-39-25-8-9-28-29(19-25)38(50)46(37(28)49)33-10-11-34(47)42-36(33)48/h3,6-9,19-20,23-24,26,30,33,39H,4-5,10-18,21H2,1-2H3,(H,42,47,48). The molecule has 1 aromatic heterocycles. The van der Waals surface area contributed by atoms with E-state index in [1.165, 1.54) is 5.56 Å². The van der Waals surface area contributed by atoms with Crippen molar-refractivity contribution in [3.05, 3.63) is 65.0 Å². The third-order valence-electron chi connectivity index (χ3n) is 11.5. The van der Waals surface area contributed by atoms with Crippen molar-refractivity contribution in [1.29, 1.82) is 0 Å². The van der Waals surface area contributed by atoms with Gasteiger partial charge in [0, 0.05) is 36.6 Å². The summed E-state index contributed by atoms with van der Waals surface area (Å²) in [5.41, 5.74) is 6.82. The molecule has 2 saturated heterocycles. The highest BCUT2D eigenvalue weighted by atomic mass is 16.2. The van der Waals surface area contributed by atoms with Crippen molar-refractivity contribution in [3.8, 4) is 0 Å². The van der Waals surface area contributed by atoms with E-state index in [1.807, 2.05) is 6.20 Å². The van der Waals surface area contributed by atoms with Crippen LogP contribution >= 0.6 is 0 Å². The van der Waals surface area contributed by atoms with Crippen molar-refractivity contribution in [2.75, 3.05) is 38.5 Å². The predicted molar refractivity (Wildman–Crippen MR) is 189 cm³/mol. The number of likely N-dealkylation sites (tertiary alicyclic amines) is 1. The number of hydrogen-bond donors (Lipinski definition) is 2. The lowest BCUT2D eigenvalue weighted by Gasteiger charge is -2.40. The number of carbonyl (C=O) groups excluding carboxylic acids is 4. The van der Waals surface area contributed by atoms with E-state index in [-0.39, 0.29) is 30.2 Å². The van der Waals surface area contributed by atoms with Crippen LogP contribution in [0.1, 0.15) is 102 Å². The van der Waals surface area contributed by atoms with Gasteiger partial charge in [0.15, 0.2) is 0 Å². The summed E-state index contributed by atoms with van der Waals surface area (Å²) in [7, 11) is 2.19. The Bertz CT molecular complexity index is 1900. The maximum absolute atomic E-state index is 13.1. The molecule has 3 fully saturated rings. The Hall–Kier alpha value is -4.71. The smallest absolute Gasteiger partial charge is 0.262 e. The van der Waals surface area contributed by atoms with Gasteiger partial charge in [0.25, 0.3) is 11.8 Å². The predicted octanol–water partition coefficient (Wildman–Crippen LogP) is 4.29. The van der Waals surface area contributed by atoms with Crippen LogP contribution in [0.5, 0.6) is 0 Å². The van der Waals surface area contributed by atoms with Crippen molar-refractivity contribution in [1.82, 2.24) is 30.1 Å². The molecule has 0 radical (unpaired) electrons. The fourth-order valence-corrected chi connectivity index (χ4v) is 8.45. The molecule has 50 heavy (non-hydrogen) atoms. The van der Waals surface area contributed by atoms with E-state index in [1.54, 1.807) is 18.2 Å². The number of hydrogen-bond acceptors (Lipinski definition) is 10. The first-order chi connectivity index (χ1) is 24.2. The number of rotatable bonds is 9. The summed E-state index contributed by atoms with van der Waals surface area (Å²) < 4.78 is 0. The minimum Gasteiger partial charge on any atom is -0.385 e. The molecule has 8 rings (SSSR count). The molecule has 4 aliphatic heterocycles. The molecule has 260 valence electrons. The molecule has 0 bridgehead atoms. The van der Waals surface area contributed by atoms with Gasteiger partial charge in [-0.3, -0.25) is 39.4 Å². The number of para-hydroxylation sites is 1. The number of imide groups is 2. The highest BCUT2D eigenvalue weighted by Crippen LogP contribution is 2.39. The minimum atomic E-state index is -0.960. The van der Waals surface area contributed by atoms with E-state index in [9.17, 15) is 19.2 Å². The number of hydrazone groups is 1. The Balaban J connectivity index is 0.805. The summed E-state index contributed by atoms with van der Waals surface area (Å²) >= 11 is 0. The fourth-order valence-electron chi connectivity index (χ4n) is 8.45. The lowest BCUT2D eigenvalue weighted by molar-refractivity contribution is -0.136. The van der Waals surface area contributed by atoms with E-state index >= 15 is 0 Å². The van der Waals surface area contributed by atoms with Crippen molar-refractivity contribution >= 4 is 46.1 Å². The van der Waals surface area contributed by atoms with Crippen LogP contribution in [0.3, 0.4) is 0 Å². The van der Waals surface area contributed by atoms with Gasteiger partial charge in [0.1, 0.15) is 6.04 Å². The molecule has 0 spiro atoms. The van der Waals surface area contributed by atoms with Gasteiger partial charge < -0.3 is 10.2 Å². The Morgan fingerprint density at radius 3 is 2.58 bits per heavy atom. The lowest BCUT2D eigenvalue weighted by atomic mass is 9.77. The monoisotopic (exact) mass is 676 g/mol. The molecule has 5 aliphatic rings. The van der Waals surface area contributed by atoms with Gasteiger partial charge >= 0.3 is 0 Å². The second kappa shape index (κ2) is 13.2. The Labute approximate surface area is 291 Å². The molecule has 12 nitrogen and oxygen atoms in total. The lowest BCUT2D eigenvalue weighted by Crippen LogP contribution is -2.54. The highest BCUT2D eigenvalue weighted by Gasteiger charge is 2.45. The first-order valence-electron chi connectivity index (χ1n) is 18.1. The SMILES string of the molecule is CC1=NN(C2CC(CCCNc3ccc4c(c3)C(=O)N(C3CCC(=O)NC3=O)C4=O)C2)CC1c1cnc2c(C3CCN(C)CC3)cccc2n1. The summed E-state index contributed by atoms with van der Waals surface area (Å²) in [6.07, 6.45) is 8.89. The first-order valence-corrected chi connectivity index (χ1v) is 18.1. The van der Waals surface area contributed by atoms with Gasteiger partial charge in [0.05, 0.1) is 40.3 Å². The maximum Gasteiger partial charge on any atom is 0.262 e. The van der Waals surface area contributed by atoms with Crippen molar-refractivity contribution in [3.63, 3.8) is 0 Å². The zero-order valence-electron chi connectivity index (χ0n) is 28.7. The summed E-state index contributed by atoms with van der Waals surface area (Å²) in [6.45, 7) is 5.96. The topological polar surface area (TPSA) is 140 Å². The van der Waals surface area contributed by atoms with Crippen molar-refractivity contribution in [2.24, 2.45) is 11.0 Å². The van der Waals surface area contributed by atoms with Gasteiger partial charge in [-0.2, -0.15) is 5.10 Å². The average Bonchev–Trinajstić information content (AvgIpc) is 3.59. The second-order valence-electron chi connectivity index (χ2n) is 14.8. The summed E-state index contributed by atoms with van der Waals surface area (Å²) in [6, 6.07) is 11.1. The Morgan fingerprint density at radius 1 is 0.980 bits per heavy atom. The van der Waals surface area contributed by atoms with Gasteiger partial charge in [-0.05, 0) is 114 Å². The van der Waals surface area contributed by atoms with E-state index < -0.39 is 23.8 Å². The van der Waals surface area contributed by atoms with Crippen LogP contribution in [-0.2, 0) is 9.59 Å². The van der Waals surface area contributed by atoms with Crippen molar-refractivity contribution in [2.45, 2.75) is 82.2 Å². The molecule has 5 heterocycles. The molecule has 3 aromatic rings. The number of anilines is 1. The van der Waals surface area contributed by atoms with Crippen LogP contribution in [0, 0.1) is 5.92 Å². The molecule has 12 heteroatoms. The molecule has 1 saturated carbocycles. The van der Waals surface area contributed by atoms with Gasteiger partial charge in [-0.1, -0.05) is 12.1 Å². The van der Waals surface area contributed by atoms with E-state index in [2.05, 4.69) is 52.7 Å². The summed E-state index contributed by atoms with van der Waals surface area (Å²) in [4.78, 5) is 63.5. The fraction of sp³-hybridized carbons (Fsp3) is 0.500. The zero-order chi connectivity index (χ0) is 34.5. The largest absolute Gasteiger partial charge is 0.385 e. The molecule has 2 atom stereocenters. The number of nitrogens with zero attached hydrogens (tertiary/aromatic N) is 6. The number of benzene rings is 2. The number of nitrogens with one attached hydrogen (secondary N) is 2. The van der Waals surface area contributed by atoms with Gasteiger partial charge in [0.2, 0.25) is 11.8 Å². The number of amides is 4. The van der Waals surface area contributed by atoms with E-state index in [0.29, 0.717) is 23.4 Å². The Kier molecular flexibility index (Phi) is 8.58. The molecule has 2 aromatic carbocycles. The maximum atomic E-state index is 13.1. The molecule has 1 aliphatic carbocycles. The van der Waals surface area contributed by atoms with Crippen LogP contribution < -0.4 is 10.6 Å². The number of fused-ring (bicyclic) bond motifs is 2. The quantitative estimate of drug-likeness (QED) is 0.251. The zero-order valence-corrected chi connectivity index (χ0v) is 28.7. The summed E-state index contributed by atoms with van der Waals surface area (Å²) in [5, 5.41) is 12.9. The third kappa shape index (κ3) is 6.03. The van der Waals surface area contributed by atoms with Crippen LogP contribution in [0.4, 0.5) is 5.69 Å². The molecule has 2 unspecified atom stereocenters. The number of aromatic nitrogens is 2. The van der Waals surface area contributed by atoms with Gasteiger partial charge in [-0.25, -0.2) is 4.98 Å². The molecular formula is C38H44N8O4. The molecular weight excluding hydrogens is 632 g/mol. The normalized spacial score (nSPS) is 25.9.